The van der Waals surface area contributed by atoms with E-state index in [9.17, 15) is 9.59 Å². The molecule has 0 saturated carbocycles. The van der Waals surface area contributed by atoms with Gasteiger partial charge in [0.15, 0.2) is 5.75 Å². The van der Waals surface area contributed by atoms with Gasteiger partial charge in [-0.15, -0.1) is 0 Å². The van der Waals surface area contributed by atoms with Crippen molar-refractivity contribution in [3.05, 3.63) is 45.7 Å². The number of methoxy groups -OCH3 is 1. The van der Waals surface area contributed by atoms with E-state index in [0.717, 1.165) is 25.2 Å². The Labute approximate surface area is 163 Å². The molecule has 1 fully saturated rings. The van der Waals surface area contributed by atoms with Crippen LogP contribution in [0.5, 0.6) is 5.75 Å². The maximum atomic E-state index is 12.6. The number of hydrogen-bond donors (Lipinski definition) is 0. The lowest BCUT2D eigenvalue weighted by Crippen LogP contribution is -2.49. The van der Waals surface area contributed by atoms with Crippen LogP contribution in [0.2, 0.25) is 5.02 Å². The average molecular weight is 391 g/mol. The van der Waals surface area contributed by atoms with Crippen LogP contribution in [0.25, 0.3) is 11.3 Å². The summed E-state index contributed by atoms with van der Waals surface area (Å²) in [6.07, 6.45) is 0. The number of likely N-dealkylation sites (N-methyl/N-ethyl adjacent to an activating group) is 1. The summed E-state index contributed by atoms with van der Waals surface area (Å²) in [5, 5.41) is 4.99. The first kappa shape index (κ1) is 19.4. The number of piperazine rings is 1. The van der Waals surface area contributed by atoms with Crippen molar-refractivity contribution in [2.24, 2.45) is 0 Å². The summed E-state index contributed by atoms with van der Waals surface area (Å²) >= 11 is 5.94. The number of rotatable bonds is 5. The summed E-state index contributed by atoms with van der Waals surface area (Å²) in [6, 6.07) is 8.44. The minimum atomic E-state index is -0.370. The van der Waals surface area contributed by atoms with Crippen LogP contribution < -0.4 is 10.3 Å². The molecule has 1 aliphatic rings. The summed E-state index contributed by atoms with van der Waals surface area (Å²) in [5.41, 5.74) is 0.886. The molecule has 0 unspecified atom stereocenters. The number of ether oxygens (including phenoxy) is 1. The number of carbonyl (C=O) groups is 1. The standard InChI is InChI=1S/C19H23ClN4O3/c1-3-22-8-10-23(11-9-22)18(26)13-24-17(25)12-16(27-2)19(21-24)14-4-6-15(20)7-5-14/h4-7,12H,3,8-11,13H2,1-2H3. The van der Waals surface area contributed by atoms with E-state index in [1.54, 1.807) is 29.2 Å². The lowest BCUT2D eigenvalue weighted by Gasteiger charge is -2.34. The van der Waals surface area contributed by atoms with Gasteiger partial charge in [-0.3, -0.25) is 9.59 Å². The van der Waals surface area contributed by atoms with Gasteiger partial charge >= 0.3 is 0 Å². The van der Waals surface area contributed by atoms with Crippen molar-refractivity contribution in [1.29, 1.82) is 0 Å². The van der Waals surface area contributed by atoms with Gasteiger partial charge in [-0.25, -0.2) is 4.68 Å². The van der Waals surface area contributed by atoms with Crippen molar-refractivity contribution in [2.45, 2.75) is 13.5 Å². The van der Waals surface area contributed by atoms with Crippen LogP contribution in [0.15, 0.2) is 35.1 Å². The van der Waals surface area contributed by atoms with Crippen LogP contribution in [0.3, 0.4) is 0 Å². The number of hydrogen-bond acceptors (Lipinski definition) is 5. The zero-order valence-electron chi connectivity index (χ0n) is 15.5. The monoisotopic (exact) mass is 390 g/mol. The molecule has 27 heavy (non-hydrogen) atoms. The highest BCUT2D eigenvalue weighted by molar-refractivity contribution is 6.30. The Balaban J connectivity index is 1.83. The summed E-state index contributed by atoms with van der Waals surface area (Å²) in [4.78, 5) is 29.1. The fourth-order valence-corrected chi connectivity index (χ4v) is 3.22. The Hall–Kier alpha value is -2.38. The lowest BCUT2D eigenvalue weighted by atomic mass is 10.1. The first-order chi connectivity index (χ1) is 13.0. The quantitative estimate of drug-likeness (QED) is 0.777. The van der Waals surface area contributed by atoms with E-state index in [-0.39, 0.29) is 18.0 Å². The molecule has 1 aromatic carbocycles. The van der Waals surface area contributed by atoms with E-state index in [1.807, 2.05) is 0 Å². The molecule has 1 amide bonds. The van der Waals surface area contributed by atoms with Gasteiger partial charge in [0.1, 0.15) is 12.2 Å². The van der Waals surface area contributed by atoms with Gasteiger partial charge in [-0.05, 0) is 18.7 Å². The van der Waals surface area contributed by atoms with Crippen molar-refractivity contribution < 1.29 is 9.53 Å². The third kappa shape index (κ3) is 4.48. The molecule has 0 spiro atoms. The minimum Gasteiger partial charge on any atom is -0.494 e. The van der Waals surface area contributed by atoms with Gasteiger partial charge in [-0.1, -0.05) is 30.7 Å². The first-order valence-electron chi connectivity index (χ1n) is 8.94. The maximum absolute atomic E-state index is 12.6. The Kier molecular flexibility index (Phi) is 6.13. The molecule has 0 bridgehead atoms. The van der Waals surface area contributed by atoms with Gasteiger partial charge < -0.3 is 14.5 Å². The van der Waals surface area contributed by atoms with Crippen LogP contribution in [0, 0.1) is 0 Å². The minimum absolute atomic E-state index is 0.0878. The van der Waals surface area contributed by atoms with Crippen molar-refractivity contribution in [3.63, 3.8) is 0 Å². The zero-order chi connectivity index (χ0) is 19.4. The highest BCUT2D eigenvalue weighted by Gasteiger charge is 2.21. The molecular formula is C19H23ClN4O3. The molecule has 3 rings (SSSR count). The molecule has 1 saturated heterocycles. The molecule has 0 aliphatic carbocycles. The van der Waals surface area contributed by atoms with Crippen LogP contribution >= 0.6 is 11.6 Å². The highest BCUT2D eigenvalue weighted by Crippen LogP contribution is 2.27. The first-order valence-corrected chi connectivity index (χ1v) is 9.32. The van der Waals surface area contributed by atoms with E-state index < -0.39 is 0 Å². The van der Waals surface area contributed by atoms with Gasteiger partial charge in [0.05, 0.1) is 7.11 Å². The Morgan fingerprint density at radius 1 is 1.19 bits per heavy atom. The van der Waals surface area contributed by atoms with Gasteiger partial charge in [0, 0.05) is 42.8 Å². The van der Waals surface area contributed by atoms with E-state index >= 15 is 0 Å². The normalized spacial score (nSPS) is 15.0. The molecule has 2 aromatic rings. The maximum Gasteiger partial charge on any atom is 0.270 e. The predicted octanol–water partition coefficient (Wildman–Crippen LogP) is 1.74. The molecule has 0 N–H and O–H groups in total. The second-order valence-electron chi connectivity index (χ2n) is 6.38. The Bertz CT molecular complexity index is 858. The number of amides is 1. The molecule has 0 radical (unpaired) electrons. The smallest absolute Gasteiger partial charge is 0.270 e. The zero-order valence-corrected chi connectivity index (χ0v) is 16.3. The summed E-state index contributed by atoms with van der Waals surface area (Å²) in [5.74, 6) is 0.259. The number of aromatic nitrogens is 2. The molecule has 1 aromatic heterocycles. The van der Waals surface area contributed by atoms with E-state index in [4.69, 9.17) is 16.3 Å². The number of nitrogens with zero attached hydrogens (tertiary/aromatic N) is 4. The van der Waals surface area contributed by atoms with E-state index in [1.165, 1.54) is 17.9 Å². The third-order valence-electron chi connectivity index (χ3n) is 4.76. The van der Waals surface area contributed by atoms with Crippen LogP contribution in [0.1, 0.15) is 6.92 Å². The van der Waals surface area contributed by atoms with Crippen LogP contribution in [-0.2, 0) is 11.3 Å². The highest BCUT2D eigenvalue weighted by atomic mass is 35.5. The van der Waals surface area contributed by atoms with Gasteiger partial charge in [0.2, 0.25) is 5.91 Å². The van der Waals surface area contributed by atoms with Crippen molar-refractivity contribution in [3.8, 4) is 17.0 Å². The topological polar surface area (TPSA) is 67.7 Å². The molecule has 144 valence electrons. The number of carbonyl (C=O) groups excluding carboxylic acids is 1. The molecule has 8 heteroatoms. The second-order valence-corrected chi connectivity index (χ2v) is 6.82. The van der Waals surface area contributed by atoms with Crippen molar-refractivity contribution in [2.75, 3.05) is 39.8 Å². The fraction of sp³-hybridized carbons (Fsp3) is 0.421. The van der Waals surface area contributed by atoms with Crippen molar-refractivity contribution in [1.82, 2.24) is 19.6 Å². The fourth-order valence-electron chi connectivity index (χ4n) is 3.09. The third-order valence-corrected chi connectivity index (χ3v) is 5.01. The predicted molar refractivity (Wildman–Crippen MR) is 104 cm³/mol. The number of benzene rings is 1. The molecule has 2 heterocycles. The molecule has 1 aliphatic heterocycles. The largest absolute Gasteiger partial charge is 0.494 e. The molecular weight excluding hydrogens is 368 g/mol. The molecule has 0 atom stereocenters. The second kappa shape index (κ2) is 8.54. The van der Waals surface area contributed by atoms with E-state index in [0.29, 0.717) is 29.6 Å². The van der Waals surface area contributed by atoms with Gasteiger partial charge in [0.25, 0.3) is 5.56 Å². The summed E-state index contributed by atoms with van der Waals surface area (Å²) in [6.45, 7) is 6.04. The van der Waals surface area contributed by atoms with E-state index in [2.05, 4.69) is 16.9 Å². The van der Waals surface area contributed by atoms with Crippen molar-refractivity contribution >= 4 is 17.5 Å². The average Bonchev–Trinajstić information content (AvgIpc) is 2.70. The Morgan fingerprint density at radius 2 is 1.85 bits per heavy atom. The summed E-state index contributed by atoms with van der Waals surface area (Å²) in [7, 11) is 1.48. The Morgan fingerprint density at radius 3 is 2.44 bits per heavy atom. The van der Waals surface area contributed by atoms with Crippen LogP contribution in [-0.4, -0.2) is 65.3 Å². The molecule has 7 nitrogen and oxygen atoms in total. The van der Waals surface area contributed by atoms with Crippen LogP contribution in [0.4, 0.5) is 0 Å². The summed E-state index contributed by atoms with van der Waals surface area (Å²) < 4.78 is 6.50. The number of halogens is 1. The SMILES string of the molecule is CCN1CCN(C(=O)Cn2nc(-c3ccc(Cl)cc3)c(OC)cc2=O)CC1. The lowest BCUT2D eigenvalue weighted by molar-refractivity contribution is -0.133. The van der Waals surface area contributed by atoms with Gasteiger partial charge in [-0.2, -0.15) is 5.10 Å².